The number of fused-ring (bicyclic) bond motifs is 2. The van der Waals surface area contributed by atoms with Gasteiger partial charge in [0.05, 0.1) is 18.1 Å². The summed E-state index contributed by atoms with van der Waals surface area (Å²) in [4.78, 5) is 105. The first-order valence-corrected chi connectivity index (χ1v) is 26.9. The van der Waals surface area contributed by atoms with Crippen molar-refractivity contribution in [1.29, 1.82) is 0 Å². The van der Waals surface area contributed by atoms with E-state index in [2.05, 4.69) is 79.7 Å². The maximum absolute atomic E-state index is 13.8. The van der Waals surface area contributed by atoms with Crippen molar-refractivity contribution in [2.75, 3.05) is 33.7 Å². The van der Waals surface area contributed by atoms with E-state index in [-0.39, 0.29) is 60.4 Å². The first-order chi connectivity index (χ1) is 36.0. The van der Waals surface area contributed by atoms with Crippen LogP contribution in [-0.4, -0.2) is 134 Å². The molecule has 0 bridgehead atoms. The summed E-state index contributed by atoms with van der Waals surface area (Å²) in [6.45, 7) is 15.1. The predicted octanol–water partition coefficient (Wildman–Crippen LogP) is 3.85. The molecule has 2 fully saturated rings. The van der Waals surface area contributed by atoms with E-state index < -0.39 is 70.7 Å². The summed E-state index contributed by atoms with van der Waals surface area (Å²) in [6, 6.07) is 18.8. The Hall–Kier alpha value is -6.66. The molecule has 0 spiro atoms. The molecular formula is C58H84N10O8. The quantitative estimate of drug-likeness (QED) is 0.102. The van der Waals surface area contributed by atoms with Crippen molar-refractivity contribution in [3.8, 4) is 0 Å². The number of aryl methyl sites for hydroxylation is 3. The number of carbonyl (C=O) groups is 8. The number of carbonyl (C=O) groups excluding carboxylic acids is 8. The summed E-state index contributed by atoms with van der Waals surface area (Å²) in [5.41, 5.74) is 10.7. The van der Waals surface area contributed by atoms with Crippen LogP contribution in [-0.2, 0) is 48.0 Å². The van der Waals surface area contributed by atoms with Crippen molar-refractivity contribution in [2.45, 2.75) is 162 Å². The van der Waals surface area contributed by atoms with Crippen LogP contribution in [0.4, 0.5) is 0 Å². The first-order valence-electron chi connectivity index (χ1n) is 26.9. The van der Waals surface area contributed by atoms with Gasteiger partial charge in [0.25, 0.3) is 11.8 Å². The molecule has 0 radical (unpaired) electrons. The minimum atomic E-state index is -1.00. The fraction of sp³-hybridized carbons (Fsp3) is 0.552. The molecule has 0 saturated carbocycles. The number of likely N-dealkylation sites (tertiary alicyclic amines) is 2. The molecular weight excluding hydrogens is 965 g/mol. The number of amides is 8. The van der Waals surface area contributed by atoms with E-state index in [1.54, 1.807) is 82.9 Å². The number of hydrogen-bond acceptors (Lipinski definition) is 10. The zero-order chi connectivity index (χ0) is 55.9. The molecule has 8 amide bonds. The summed E-state index contributed by atoms with van der Waals surface area (Å²) in [5.74, 6) is -3.03. The summed E-state index contributed by atoms with van der Waals surface area (Å²) in [6.07, 6.45) is 10.1. The Morgan fingerprint density at radius 3 is 1.64 bits per heavy atom. The molecule has 18 heteroatoms. The Kier molecular flexibility index (Phi) is 21.7. The smallest absolute Gasteiger partial charge is 0.251 e. The molecule has 3 aromatic rings. The van der Waals surface area contributed by atoms with E-state index in [0.717, 1.165) is 19.3 Å². The fourth-order valence-electron chi connectivity index (χ4n) is 10.00. The van der Waals surface area contributed by atoms with Crippen LogP contribution in [0.2, 0.25) is 0 Å². The van der Waals surface area contributed by atoms with E-state index in [1.807, 2.05) is 26.8 Å². The van der Waals surface area contributed by atoms with Crippen molar-refractivity contribution in [1.82, 2.24) is 47.0 Å². The third-order valence-corrected chi connectivity index (χ3v) is 14.8. The van der Waals surface area contributed by atoms with Crippen LogP contribution in [0, 0.1) is 10.8 Å². The number of benzene rings is 3. The van der Waals surface area contributed by atoms with Gasteiger partial charge in [-0.25, -0.2) is 0 Å². The predicted molar refractivity (Wildman–Crippen MR) is 294 cm³/mol. The molecule has 2 heterocycles. The molecule has 0 aromatic heterocycles. The van der Waals surface area contributed by atoms with Gasteiger partial charge in [0.1, 0.15) is 18.1 Å². The van der Waals surface area contributed by atoms with E-state index >= 15 is 0 Å². The van der Waals surface area contributed by atoms with Gasteiger partial charge >= 0.3 is 0 Å². The van der Waals surface area contributed by atoms with Crippen molar-refractivity contribution in [2.24, 2.45) is 16.6 Å². The number of hydrogen-bond donors (Lipinski definition) is 8. The van der Waals surface area contributed by atoms with Crippen molar-refractivity contribution < 1.29 is 38.4 Å². The maximum Gasteiger partial charge on any atom is 0.251 e. The number of nitrogens with two attached hydrogens (primary N) is 1. The minimum absolute atomic E-state index is 0.00639. The lowest BCUT2D eigenvalue weighted by Crippen LogP contribution is -2.59. The van der Waals surface area contributed by atoms with Crippen LogP contribution in [0.1, 0.15) is 143 Å². The molecule has 2 aliphatic heterocycles. The monoisotopic (exact) mass is 1050 g/mol. The lowest BCUT2D eigenvalue weighted by molar-refractivity contribution is -0.143. The molecule has 76 heavy (non-hydrogen) atoms. The van der Waals surface area contributed by atoms with Crippen LogP contribution < -0.4 is 43.0 Å². The van der Waals surface area contributed by atoms with Crippen LogP contribution in [0.25, 0.3) is 0 Å². The van der Waals surface area contributed by atoms with Gasteiger partial charge in [-0.1, -0.05) is 96.1 Å². The largest absolute Gasteiger partial charge is 0.368 e. The number of nitrogens with zero attached hydrogens (tertiary/aromatic N) is 2. The van der Waals surface area contributed by atoms with Crippen molar-refractivity contribution in [3.63, 3.8) is 0 Å². The van der Waals surface area contributed by atoms with Gasteiger partial charge in [-0.3, -0.25) is 38.4 Å². The molecule has 9 N–H and O–H groups in total. The van der Waals surface area contributed by atoms with E-state index in [1.165, 1.54) is 54.2 Å². The van der Waals surface area contributed by atoms with E-state index in [4.69, 9.17) is 5.73 Å². The highest BCUT2D eigenvalue weighted by Gasteiger charge is 2.45. The second-order valence-corrected chi connectivity index (χ2v) is 22.7. The number of rotatable bonds is 15. The fourth-order valence-corrected chi connectivity index (χ4v) is 10.00. The Labute approximate surface area is 449 Å². The average molecular weight is 1050 g/mol. The average Bonchev–Trinajstić information content (AvgIpc) is 4.06. The van der Waals surface area contributed by atoms with Gasteiger partial charge in [-0.05, 0) is 137 Å². The van der Waals surface area contributed by atoms with Crippen molar-refractivity contribution in [3.05, 3.63) is 106 Å². The highest BCUT2D eigenvalue weighted by Crippen LogP contribution is 2.30. The van der Waals surface area contributed by atoms with Crippen molar-refractivity contribution >= 4 is 47.8 Å². The highest BCUT2D eigenvalue weighted by molar-refractivity contribution is 6.00. The third-order valence-electron chi connectivity index (χ3n) is 14.8. The molecule has 8 atom stereocenters. The molecule has 4 aliphatic rings. The second-order valence-electron chi connectivity index (χ2n) is 22.7. The van der Waals surface area contributed by atoms with Gasteiger partial charge in [-0.15, -0.1) is 0 Å². The molecule has 7 rings (SSSR count). The molecule has 414 valence electrons. The standard InChI is InChI=1S/C37H59N9O7.C11H13NO.C10H12/c1-20(39-9)30(48)43-27(36(3,4)5)34(52)45-15-14-24(18-45)41-32(50)22-12-11-13-23(16-22)33(51)42-25-17-26(29(38)47)46(19-25)35(53)28(37(6,7)8)44-31(49)21(2)40-10;13-8-12-11-7-3-5-9-4-1-2-6-10(9)11;1-2-6-10-8-4-3-7-9(10)5-1/h11-13,16,20-21,24-28,39-40H,14-15,17-19H2,1-10H3,(H2,38,47)(H,41,50)(H,42,51)(H,43,48)(H,44,49);1-2,4,6,8,11H,3,5,7H2,(H,12,13);1-2,5-6H,3-4,7-8H2/t20-,21?,24-,25?,26?,27?,28+;;/m0../s1. The van der Waals surface area contributed by atoms with Crippen LogP contribution >= 0.6 is 0 Å². The molecule has 2 saturated heterocycles. The summed E-state index contributed by atoms with van der Waals surface area (Å²) >= 11 is 0. The second kappa shape index (κ2) is 27.4. The lowest BCUT2D eigenvalue weighted by atomic mass is 9.85. The topological polar surface area (TPSA) is 253 Å². The highest BCUT2D eigenvalue weighted by atomic mass is 16.2. The Balaban J connectivity index is 0.000000371. The zero-order valence-corrected chi connectivity index (χ0v) is 46.3. The summed E-state index contributed by atoms with van der Waals surface area (Å²) < 4.78 is 0. The first kappa shape index (κ1) is 60.2. The van der Waals surface area contributed by atoms with Crippen LogP contribution in [0.5, 0.6) is 0 Å². The van der Waals surface area contributed by atoms with Crippen LogP contribution in [0.3, 0.4) is 0 Å². The summed E-state index contributed by atoms with van der Waals surface area (Å²) in [7, 11) is 3.30. The zero-order valence-electron chi connectivity index (χ0n) is 46.3. The Morgan fingerprint density at radius 2 is 1.13 bits per heavy atom. The molecule has 2 aliphatic carbocycles. The van der Waals surface area contributed by atoms with E-state index in [9.17, 15) is 38.4 Å². The maximum atomic E-state index is 13.8. The number of likely N-dealkylation sites (N-methyl/N-ethyl adjacent to an activating group) is 2. The van der Waals surface area contributed by atoms with Gasteiger partial charge in [0.15, 0.2) is 0 Å². The molecule has 5 unspecified atom stereocenters. The molecule has 18 nitrogen and oxygen atoms in total. The number of nitrogens with one attached hydrogen (secondary N) is 7. The normalized spacial score (nSPS) is 20.4. The third kappa shape index (κ3) is 16.4. The lowest BCUT2D eigenvalue weighted by Gasteiger charge is -2.35. The Bertz CT molecular complexity index is 2500. The summed E-state index contributed by atoms with van der Waals surface area (Å²) in [5, 5.41) is 20.1. The van der Waals surface area contributed by atoms with Gasteiger partial charge in [-0.2, -0.15) is 0 Å². The molecule has 3 aromatic carbocycles. The van der Waals surface area contributed by atoms with Gasteiger partial charge < -0.3 is 52.8 Å². The van der Waals surface area contributed by atoms with Crippen LogP contribution in [0.15, 0.2) is 72.8 Å². The van der Waals surface area contributed by atoms with Gasteiger partial charge in [0.2, 0.25) is 35.9 Å². The number of primary amides is 1. The Morgan fingerprint density at radius 1 is 0.632 bits per heavy atom. The SMILES string of the molecule is CNC(C)C(=O)N[C@H](C(=O)N1CC(NC(=O)c2cccc(C(=O)N[C@H]3CCN(C(=O)C(NC(=O)[C@H](C)NC)C(C)(C)C)C3)c2)CC1C(N)=O)C(C)(C)C.O=CNC1CCCc2ccccc21.c1ccc2c(c1)CCCC2. The van der Waals surface area contributed by atoms with Gasteiger partial charge in [0, 0.05) is 42.8 Å². The minimum Gasteiger partial charge on any atom is -0.368 e. The van der Waals surface area contributed by atoms with E-state index in [0.29, 0.717) is 13.0 Å².